The van der Waals surface area contributed by atoms with Gasteiger partial charge in [-0.05, 0) is 30.9 Å². The van der Waals surface area contributed by atoms with Gasteiger partial charge in [0.05, 0.1) is 6.26 Å². The lowest BCUT2D eigenvalue weighted by molar-refractivity contribution is 0.455. The van der Waals surface area contributed by atoms with Crippen molar-refractivity contribution in [2.75, 3.05) is 18.1 Å². The van der Waals surface area contributed by atoms with Crippen LogP contribution in [0.1, 0.15) is 19.3 Å². The average molecular weight is 438 g/mol. The molecule has 1 saturated carbocycles. The van der Waals surface area contributed by atoms with Crippen molar-refractivity contribution in [3.05, 3.63) is 30.3 Å². The number of guanidine groups is 1. The van der Waals surface area contributed by atoms with Crippen LogP contribution in [-0.2, 0) is 10.0 Å². The molecule has 1 fully saturated rings. The maximum Gasteiger partial charge on any atom is 0.208 e. The first kappa shape index (κ1) is 19.2. The predicted octanol–water partition coefficient (Wildman–Crippen LogP) is 1.75. The summed E-state index contributed by atoms with van der Waals surface area (Å²) >= 11 is 0. The second-order valence-electron chi connectivity index (χ2n) is 5.40. The topological polar surface area (TPSA) is 96.6 Å². The van der Waals surface area contributed by atoms with Crippen LogP contribution in [0.4, 0.5) is 5.69 Å². The first-order valence-corrected chi connectivity index (χ1v) is 8.92. The van der Waals surface area contributed by atoms with E-state index in [1.54, 1.807) is 0 Å². The zero-order valence-corrected chi connectivity index (χ0v) is 15.7. The molecule has 1 aromatic carbocycles. The van der Waals surface area contributed by atoms with Gasteiger partial charge in [0, 0.05) is 18.3 Å². The summed E-state index contributed by atoms with van der Waals surface area (Å²) in [5.74, 6) is 0.557. The molecule has 4 N–H and O–H groups in total. The van der Waals surface area contributed by atoms with Crippen LogP contribution < -0.4 is 15.8 Å². The average Bonchev–Trinajstić information content (AvgIpc) is 2.82. The standard InChI is InChI=1S/C14H22N4O2S.HI/c1-21(19,20)18-13-9-5-6-11(13)10-16-14(15)17-12-7-3-2-4-8-12;/h2-4,7-8,11,13,18H,5-6,9-10H2,1H3,(H3,15,16,17);1H. The van der Waals surface area contributed by atoms with Crippen LogP contribution >= 0.6 is 24.0 Å². The van der Waals surface area contributed by atoms with Gasteiger partial charge in [0.1, 0.15) is 0 Å². The highest BCUT2D eigenvalue weighted by Gasteiger charge is 2.29. The van der Waals surface area contributed by atoms with E-state index >= 15 is 0 Å². The van der Waals surface area contributed by atoms with Crippen LogP contribution in [-0.4, -0.2) is 33.2 Å². The van der Waals surface area contributed by atoms with Crippen molar-refractivity contribution in [3.8, 4) is 0 Å². The molecule has 2 unspecified atom stereocenters. The van der Waals surface area contributed by atoms with Crippen LogP contribution in [0.2, 0.25) is 0 Å². The highest BCUT2D eigenvalue weighted by molar-refractivity contribution is 14.0. The van der Waals surface area contributed by atoms with E-state index in [0.717, 1.165) is 24.9 Å². The van der Waals surface area contributed by atoms with Gasteiger partial charge >= 0.3 is 0 Å². The minimum absolute atomic E-state index is 0. The normalized spacial score (nSPS) is 22.1. The molecule has 0 aliphatic heterocycles. The predicted molar refractivity (Wildman–Crippen MR) is 101 cm³/mol. The van der Waals surface area contributed by atoms with Crippen molar-refractivity contribution in [2.45, 2.75) is 25.3 Å². The monoisotopic (exact) mass is 438 g/mol. The Morgan fingerprint density at radius 3 is 2.64 bits per heavy atom. The maximum atomic E-state index is 11.3. The molecule has 0 aromatic heterocycles. The number of sulfonamides is 1. The zero-order chi connectivity index (χ0) is 15.3. The summed E-state index contributed by atoms with van der Waals surface area (Å²) in [6.45, 7) is 0.527. The van der Waals surface area contributed by atoms with E-state index in [4.69, 9.17) is 5.73 Å². The molecule has 22 heavy (non-hydrogen) atoms. The quantitative estimate of drug-likeness (QED) is 0.371. The minimum Gasteiger partial charge on any atom is -0.370 e. The van der Waals surface area contributed by atoms with E-state index in [9.17, 15) is 8.42 Å². The Morgan fingerprint density at radius 1 is 1.32 bits per heavy atom. The summed E-state index contributed by atoms with van der Waals surface area (Å²) in [5.41, 5.74) is 6.74. The molecule has 0 radical (unpaired) electrons. The number of nitrogens with one attached hydrogen (secondary N) is 2. The van der Waals surface area contributed by atoms with E-state index in [-0.39, 0.29) is 35.9 Å². The van der Waals surface area contributed by atoms with Crippen molar-refractivity contribution in [2.24, 2.45) is 16.6 Å². The maximum absolute atomic E-state index is 11.3. The fourth-order valence-electron chi connectivity index (χ4n) is 2.61. The molecule has 2 atom stereocenters. The Labute approximate surface area is 149 Å². The SMILES string of the molecule is CS(=O)(=O)NC1CCCC1CN=C(N)Nc1ccccc1.I. The number of anilines is 1. The third-order valence-corrected chi connectivity index (χ3v) is 4.30. The van der Waals surface area contributed by atoms with E-state index in [0.29, 0.717) is 12.5 Å². The Kier molecular flexibility index (Phi) is 7.57. The molecule has 0 bridgehead atoms. The summed E-state index contributed by atoms with van der Waals surface area (Å²) in [6, 6.07) is 9.54. The van der Waals surface area contributed by atoms with Crippen molar-refractivity contribution in [1.82, 2.24) is 4.72 Å². The summed E-state index contributed by atoms with van der Waals surface area (Å²) in [5, 5.41) is 3.02. The third kappa shape index (κ3) is 6.49. The van der Waals surface area contributed by atoms with Gasteiger partial charge in [-0.25, -0.2) is 13.1 Å². The number of hydrogen-bond donors (Lipinski definition) is 3. The fraction of sp³-hybridized carbons (Fsp3) is 0.500. The summed E-state index contributed by atoms with van der Waals surface area (Å²) in [4.78, 5) is 4.33. The molecule has 6 nitrogen and oxygen atoms in total. The molecule has 0 amide bonds. The van der Waals surface area contributed by atoms with Gasteiger partial charge in [0.2, 0.25) is 10.0 Å². The van der Waals surface area contributed by atoms with Gasteiger partial charge < -0.3 is 11.1 Å². The second-order valence-corrected chi connectivity index (χ2v) is 7.18. The van der Waals surface area contributed by atoms with Crippen LogP contribution in [0.3, 0.4) is 0 Å². The van der Waals surface area contributed by atoms with Crippen molar-refractivity contribution < 1.29 is 8.42 Å². The number of benzene rings is 1. The van der Waals surface area contributed by atoms with Crippen LogP contribution in [0.25, 0.3) is 0 Å². The van der Waals surface area contributed by atoms with Gasteiger partial charge in [0.25, 0.3) is 0 Å². The fourth-order valence-corrected chi connectivity index (χ4v) is 3.47. The molecule has 0 saturated heterocycles. The lowest BCUT2D eigenvalue weighted by atomic mass is 10.1. The highest BCUT2D eigenvalue weighted by atomic mass is 127. The molecule has 2 rings (SSSR count). The molecule has 0 spiro atoms. The molecule has 8 heteroatoms. The molecule has 1 aromatic rings. The number of hydrogen-bond acceptors (Lipinski definition) is 3. The van der Waals surface area contributed by atoms with E-state index < -0.39 is 10.0 Å². The van der Waals surface area contributed by atoms with Crippen molar-refractivity contribution in [1.29, 1.82) is 0 Å². The Balaban J connectivity index is 0.00000242. The van der Waals surface area contributed by atoms with Crippen LogP contribution in [0.5, 0.6) is 0 Å². The summed E-state index contributed by atoms with van der Waals surface area (Å²) in [6.07, 6.45) is 4.03. The molecular formula is C14H23IN4O2S. The van der Waals surface area contributed by atoms with Crippen molar-refractivity contribution >= 4 is 45.6 Å². The zero-order valence-electron chi connectivity index (χ0n) is 12.5. The third-order valence-electron chi connectivity index (χ3n) is 3.57. The summed E-state index contributed by atoms with van der Waals surface area (Å²) in [7, 11) is -3.17. The first-order valence-electron chi connectivity index (χ1n) is 7.03. The number of nitrogens with zero attached hydrogens (tertiary/aromatic N) is 1. The Morgan fingerprint density at radius 2 is 2.00 bits per heavy atom. The number of rotatable bonds is 5. The minimum atomic E-state index is -3.17. The Bertz CT molecular complexity index is 592. The number of para-hydroxylation sites is 1. The first-order chi connectivity index (χ1) is 9.94. The lowest BCUT2D eigenvalue weighted by Gasteiger charge is -2.18. The molecule has 0 heterocycles. The van der Waals surface area contributed by atoms with E-state index in [2.05, 4.69) is 15.0 Å². The van der Waals surface area contributed by atoms with Gasteiger partial charge in [-0.15, -0.1) is 24.0 Å². The van der Waals surface area contributed by atoms with E-state index in [1.807, 2.05) is 30.3 Å². The number of halogens is 1. The molecule has 1 aliphatic carbocycles. The smallest absolute Gasteiger partial charge is 0.208 e. The number of aliphatic imine (C=N–C) groups is 1. The van der Waals surface area contributed by atoms with Gasteiger partial charge in [-0.3, -0.25) is 4.99 Å². The van der Waals surface area contributed by atoms with E-state index in [1.165, 1.54) is 6.26 Å². The van der Waals surface area contributed by atoms with Gasteiger partial charge in [0.15, 0.2) is 5.96 Å². The lowest BCUT2D eigenvalue weighted by Crippen LogP contribution is -2.38. The van der Waals surface area contributed by atoms with Crippen molar-refractivity contribution in [3.63, 3.8) is 0 Å². The number of nitrogens with two attached hydrogens (primary N) is 1. The molecule has 124 valence electrons. The highest BCUT2D eigenvalue weighted by Crippen LogP contribution is 2.26. The van der Waals surface area contributed by atoms with Crippen LogP contribution in [0, 0.1) is 5.92 Å². The molecular weight excluding hydrogens is 415 g/mol. The second kappa shape index (κ2) is 8.68. The Hall–Kier alpha value is -0.870. The van der Waals surface area contributed by atoms with Gasteiger partial charge in [-0.2, -0.15) is 0 Å². The molecule has 1 aliphatic rings. The van der Waals surface area contributed by atoms with Crippen LogP contribution in [0.15, 0.2) is 35.3 Å². The largest absolute Gasteiger partial charge is 0.370 e. The summed E-state index contributed by atoms with van der Waals surface area (Å²) < 4.78 is 25.3. The van der Waals surface area contributed by atoms with Gasteiger partial charge in [-0.1, -0.05) is 24.6 Å².